The summed E-state index contributed by atoms with van der Waals surface area (Å²) in [6.07, 6.45) is 4.18. The summed E-state index contributed by atoms with van der Waals surface area (Å²) in [5.74, 6) is -0.168. The number of aromatic amines is 1. The Kier molecular flexibility index (Phi) is 5.72. The van der Waals surface area contributed by atoms with Crippen LogP contribution in [0.25, 0.3) is 11.1 Å². The van der Waals surface area contributed by atoms with E-state index in [2.05, 4.69) is 10.2 Å². The molecule has 6 rings (SSSR count). The Balaban J connectivity index is 1.25. The van der Waals surface area contributed by atoms with Crippen LogP contribution >= 0.6 is 0 Å². The summed E-state index contributed by atoms with van der Waals surface area (Å²) in [5, 5.41) is 6.83. The Morgan fingerprint density at radius 3 is 2.58 bits per heavy atom. The molecule has 3 saturated heterocycles. The van der Waals surface area contributed by atoms with Crippen molar-refractivity contribution in [1.82, 2.24) is 20.0 Å². The van der Waals surface area contributed by atoms with Crippen LogP contribution in [-0.2, 0) is 11.3 Å². The van der Waals surface area contributed by atoms with E-state index in [1.54, 1.807) is 12.3 Å². The second-order valence-corrected chi connectivity index (χ2v) is 9.83. The molecule has 1 spiro atoms. The third-order valence-electron chi connectivity index (χ3n) is 7.56. The average molecular weight is 490 g/mol. The number of anilines is 1. The smallest absolute Gasteiger partial charge is 0.325 e. The van der Waals surface area contributed by atoms with Crippen molar-refractivity contribution in [3.8, 4) is 11.1 Å². The molecule has 3 aliphatic heterocycles. The highest BCUT2D eigenvalue weighted by atomic mass is 19.1. The molecule has 0 atom stereocenters. The normalized spacial score (nSPS) is 19.7. The molecule has 186 valence electrons. The number of ether oxygens (including phenoxy) is 1. The number of amides is 3. The zero-order valence-corrected chi connectivity index (χ0v) is 19.9. The quantitative estimate of drug-likeness (QED) is 0.590. The third-order valence-corrected chi connectivity index (χ3v) is 7.56. The largest absolute Gasteiger partial charge is 0.381 e. The predicted molar refractivity (Wildman–Crippen MR) is 132 cm³/mol. The van der Waals surface area contributed by atoms with E-state index in [1.807, 2.05) is 58.5 Å². The summed E-state index contributed by atoms with van der Waals surface area (Å²) < 4.78 is 18.9. The van der Waals surface area contributed by atoms with Gasteiger partial charge in [0.1, 0.15) is 6.17 Å². The van der Waals surface area contributed by atoms with E-state index in [9.17, 15) is 14.0 Å². The van der Waals surface area contributed by atoms with E-state index in [0.29, 0.717) is 31.9 Å². The molecule has 3 amide bonds. The maximum atomic E-state index is 13.8. The fourth-order valence-corrected chi connectivity index (χ4v) is 5.41. The molecule has 4 heterocycles. The van der Waals surface area contributed by atoms with Crippen molar-refractivity contribution in [2.45, 2.75) is 31.1 Å². The number of likely N-dealkylation sites (tertiary alicyclic amines) is 1. The molecular weight excluding hydrogens is 461 g/mol. The maximum absolute atomic E-state index is 13.8. The topological polar surface area (TPSA) is 81.8 Å². The lowest BCUT2D eigenvalue weighted by molar-refractivity contribution is 0.00610. The number of halogens is 1. The Morgan fingerprint density at radius 1 is 1.11 bits per heavy atom. The molecule has 3 aliphatic rings. The summed E-state index contributed by atoms with van der Waals surface area (Å²) in [4.78, 5) is 31.8. The summed E-state index contributed by atoms with van der Waals surface area (Å²) >= 11 is 0. The number of alkyl halides is 1. The van der Waals surface area contributed by atoms with Crippen molar-refractivity contribution in [3.05, 3.63) is 72.1 Å². The van der Waals surface area contributed by atoms with Gasteiger partial charge in [0.05, 0.1) is 31.4 Å². The van der Waals surface area contributed by atoms with Crippen LogP contribution in [0.2, 0.25) is 0 Å². The van der Waals surface area contributed by atoms with Crippen LogP contribution in [-0.4, -0.2) is 76.5 Å². The van der Waals surface area contributed by atoms with Crippen LogP contribution in [0.1, 0.15) is 28.8 Å². The number of rotatable bonds is 5. The molecule has 0 aliphatic carbocycles. The molecule has 1 N–H and O–H groups in total. The first-order valence-electron chi connectivity index (χ1n) is 12.3. The van der Waals surface area contributed by atoms with Crippen LogP contribution < -0.4 is 4.90 Å². The van der Waals surface area contributed by atoms with E-state index < -0.39 is 6.17 Å². The van der Waals surface area contributed by atoms with Crippen molar-refractivity contribution < 1.29 is 18.7 Å². The fraction of sp³-hybridized carbons (Fsp3) is 0.370. The van der Waals surface area contributed by atoms with Crippen LogP contribution in [0, 0.1) is 0 Å². The first-order valence-corrected chi connectivity index (χ1v) is 12.3. The summed E-state index contributed by atoms with van der Waals surface area (Å²) in [5.41, 5.74) is 3.94. The molecule has 8 nitrogen and oxygen atoms in total. The van der Waals surface area contributed by atoms with E-state index in [-0.39, 0.29) is 30.6 Å². The minimum Gasteiger partial charge on any atom is -0.381 e. The number of carbonyl (C=O) groups is 2. The van der Waals surface area contributed by atoms with Gasteiger partial charge >= 0.3 is 6.03 Å². The summed E-state index contributed by atoms with van der Waals surface area (Å²) in [6.45, 7) is 2.49. The maximum Gasteiger partial charge on any atom is 0.325 e. The Hall–Kier alpha value is -3.72. The highest BCUT2D eigenvalue weighted by molar-refractivity contribution is 5.96. The molecule has 0 radical (unpaired) electrons. The third kappa shape index (κ3) is 4.03. The standard InChI is InChI=1S/C27H28FN5O3/c28-23-16-31(17-23)25(34)21-3-1-2-19(12-21)15-33-26(35)32(18-27(33)8-10-36-11-9-27)24-6-4-20(5-7-24)22-13-29-30-14-22/h1-7,12-14,23H,8-11,15-18H2,(H,29,30). The van der Waals surface area contributed by atoms with E-state index in [0.717, 1.165) is 35.2 Å². The molecule has 0 unspecified atom stereocenters. The monoisotopic (exact) mass is 489 g/mol. The highest BCUT2D eigenvalue weighted by Gasteiger charge is 2.50. The van der Waals surface area contributed by atoms with Gasteiger partial charge in [0.25, 0.3) is 5.91 Å². The number of hydrogen-bond acceptors (Lipinski definition) is 4. The van der Waals surface area contributed by atoms with Crippen LogP contribution in [0.4, 0.5) is 14.9 Å². The number of aromatic nitrogens is 2. The lowest BCUT2D eigenvalue weighted by atomic mass is 9.88. The predicted octanol–water partition coefficient (Wildman–Crippen LogP) is 3.86. The highest BCUT2D eigenvalue weighted by Crippen LogP contribution is 2.39. The zero-order valence-electron chi connectivity index (χ0n) is 19.9. The van der Waals surface area contributed by atoms with Crippen molar-refractivity contribution in [2.75, 3.05) is 37.7 Å². The zero-order chi connectivity index (χ0) is 24.7. The molecule has 2 aromatic carbocycles. The Morgan fingerprint density at radius 2 is 1.89 bits per heavy atom. The van der Waals surface area contributed by atoms with E-state index in [4.69, 9.17) is 4.74 Å². The van der Waals surface area contributed by atoms with Crippen LogP contribution in [0.3, 0.4) is 0 Å². The summed E-state index contributed by atoms with van der Waals surface area (Å²) in [7, 11) is 0. The van der Waals surface area contributed by atoms with Gasteiger partial charge in [-0.15, -0.1) is 0 Å². The van der Waals surface area contributed by atoms with Crippen molar-refractivity contribution >= 4 is 17.6 Å². The van der Waals surface area contributed by atoms with Gasteiger partial charge in [0, 0.05) is 42.8 Å². The van der Waals surface area contributed by atoms with Gasteiger partial charge in [0.2, 0.25) is 0 Å². The molecule has 9 heteroatoms. The van der Waals surface area contributed by atoms with Crippen molar-refractivity contribution in [1.29, 1.82) is 0 Å². The molecule has 36 heavy (non-hydrogen) atoms. The van der Waals surface area contributed by atoms with Gasteiger partial charge in [0.15, 0.2) is 0 Å². The molecular formula is C27H28FN5O3. The van der Waals surface area contributed by atoms with Gasteiger partial charge in [-0.1, -0.05) is 24.3 Å². The SMILES string of the molecule is O=C(c1cccc(CN2C(=O)N(c3ccc(-c4cn[nH]c4)cc3)CC23CCOCC3)c1)N1CC(F)C1. The number of urea groups is 1. The number of carbonyl (C=O) groups excluding carboxylic acids is 2. The first-order chi connectivity index (χ1) is 17.5. The lowest BCUT2D eigenvalue weighted by Gasteiger charge is -2.40. The minimum atomic E-state index is -0.938. The van der Waals surface area contributed by atoms with Gasteiger partial charge < -0.3 is 14.5 Å². The van der Waals surface area contributed by atoms with E-state index in [1.165, 1.54) is 4.90 Å². The average Bonchev–Trinajstić information content (AvgIpc) is 3.51. The van der Waals surface area contributed by atoms with Gasteiger partial charge in [-0.3, -0.25) is 14.8 Å². The van der Waals surface area contributed by atoms with Crippen molar-refractivity contribution in [3.63, 3.8) is 0 Å². The van der Waals surface area contributed by atoms with E-state index >= 15 is 0 Å². The number of hydrogen-bond donors (Lipinski definition) is 1. The number of nitrogens with zero attached hydrogens (tertiary/aromatic N) is 4. The van der Waals surface area contributed by atoms with Crippen molar-refractivity contribution in [2.24, 2.45) is 0 Å². The second-order valence-electron chi connectivity index (χ2n) is 9.83. The van der Waals surface area contributed by atoms with Crippen LogP contribution in [0.15, 0.2) is 60.9 Å². The molecule has 3 aromatic rings. The van der Waals surface area contributed by atoms with Gasteiger partial charge in [-0.25, -0.2) is 9.18 Å². The van der Waals surface area contributed by atoms with Gasteiger partial charge in [-0.2, -0.15) is 5.10 Å². The number of H-pyrrole nitrogens is 1. The number of benzene rings is 2. The fourth-order valence-electron chi connectivity index (χ4n) is 5.41. The first kappa shape index (κ1) is 22.7. The minimum absolute atomic E-state index is 0.0484. The molecule has 0 bridgehead atoms. The van der Waals surface area contributed by atoms with Crippen LogP contribution in [0.5, 0.6) is 0 Å². The lowest BCUT2D eigenvalue weighted by Crippen LogP contribution is -2.51. The second kappa shape index (κ2) is 9.05. The van der Waals surface area contributed by atoms with Gasteiger partial charge in [-0.05, 0) is 48.2 Å². The number of nitrogens with one attached hydrogen (secondary N) is 1. The Labute approximate surface area is 208 Å². The molecule has 3 fully saturated rings. The Bertz CT molecular complexity index is 1250. The molecule has 0 saturated carbocycles. The summed E-state index contributed by atoms with van der Waals surface area (Å²) in [6, 6.07) is 15.2. The molecule has 1 aromatic heterocycles.